The normalized spacial score (nSPS) is 12.1. The summed E-state index contributed by atoms with van der Waals surface area (Å²) < 4.78 is 23.4. The second-order valence-corrected chi connectivity index (χ2v) is 8.60. The predicted octanol–water partition coefficient (Wildman–Crippen LogP) is 2.74. The summed E-state index contributed by atoms with van der Waals surface area (Å²) in [5.74, 6) is 0.712. The molecule has 27 heavy (non-hydrogen) atoms. The molecule has 0 aliphatic carbocycles. The number of pyridine rings is 1. The summed E-state index contributed by atoms with van der Waals surface area (Å²) in [7, 11) is -3.21. The maximum atomic E-state index is 11.7. The quantitative estimate of drug-likeness (QED) is 0.418. The van der Waals surface area contributed by atoms with Crippen molar-refractivity contribution in [3.63, 3.8) is 0 Å². The molecule has 0 aliphatic rings. The molecule has 0 saturated heterocycles. The highest BCUT2D eigenvalue weighted by molar-refractivity contribution is 7.90. The average molecular weight is 409 g/mol. The van der Waals surface area contributed by atoms with Crippen molar-refractivity contribution in [3.05, 3.63) is 58.4 Å². The lowest BCUT2D eigenvalue weighted by Crippen LogP contribution is -2.38. The Balaban J connectivity index is 1.98. The second kappa shape index (κ2) is 9.71. The summed E-state index contributed by atoms with van der Waals surface area (Å²) in [5.41, 5.74) is 2.78. The number of hydrogen-bond donors (Lipinski definition) is 2. The molecule has 0 aliphatic heterocycles. The van der Waals surface area contributed by atoms with Gasteiger partial charge in [0.25, 0.3) is 0 Å². The molecule has 146 valence electrons. The van der Waals surface area contributed by atoms with Gasteiger partial charge in [0.05, 0.1) is 11.4 Å². The van der Waals surface area contributed by atoms with Gasteiger partial charge >= 0.3 is 0 Å². The topological polar surface area (TPSA) is 83.5 Å². The molecule has 0 radical (unpaired) electrons. The number of guanidine groups is 1. The zero-order chi connectivity index (χ0) is 19.9. The minimum Gasteiger partial charge on any atom is -0.357 e. The van der Waals surface area contributed by atoms with Crippen LogP contribution in [0.4, 0.5) is 0 Å². The fraction of sp³-hybridized carbons (Fsp3) is 0.368. The van der Waals surface area contributed by atoms with Crippen LogP contribution in [0.5, 0.6) is 0 Å². The lowest BCUT2D eigenvalue weighted by Gasteiger charge is -2.12. The van der Waals surface area contributed by atoms with Crippen molar-refractivity contribution in [3.8, 4) is 0 Å². The van der Waals surface area contributed by atoms with Crippen LogP contribution in [0, 0.1) is 6.92 Å². The first-order chi connectivity index (χ1) is 12.8. The van der Waals surface area contributed by atoms with Crippen LogP contribution in [0.25, 0.3) is 0 Å². The van der Waals surface area contributed by atoms with Gasteiger partial charge in [-0.1, -0.05) is 29.8 Å². The van der Waals surface area contributed by atoms with Crippen LogP contribution in [-0.2, 0) is 22.8 Å². The van der Waals surface area contributed by atoms with E-state index in [0.717, 1.165) is 29.7 Å². The first-order valence-corrected chi connectivity index (χ1v) is 11.0. The van der Waals surface area contributed by atoms with Gasteiger partial charge in [-0.3, -0.25) is 0 Å². The largest absolute Gasteiger partial charge is 0.357 e. The zero-order valence-electron chi connectivity index (χ0n) is 15.8. The number of benzene rings is 1. The van der Waals surface area contributed by atoms with E-state index in [1.807, 2.05) is 19.1 Å². The number of aryl methyl sites for hydroxylation is 1. The summed E-state index contributed by atoms with van der Waals surface area (Å²) in [6.07, 6.45) is 3.79. The van der Waals surface area contributed by atoms with E-state index >= 15 is 0 Å². The molecule has 0 saturated carbocycles. The molecule has 1 aromatic heterocycles. The van der Waals surface area contributed by atoms with Gasteiger partial charge in [0, 0.05) is 25.5 Å². The molecule has 2 rings (SSSR count). The summed E-state index contributed by atoms with van der Waals surface area (Å²) in [4.78, 5) is 9.00. The van der Waals surface area contributed by atoms with Gasteiger partial charge in [-0.2, -0.15) is 0 Å². The number of halogens is 1. The molecule has 0 amide bonds. The number of aliphatic imine (C=N–C) groups is 1. The van der Waals surface area contributed by atoms with E-state index in [1.54, 1.807) is 31.3 Å². The molecular formula is C19H25ClN4O2S. The molecular weight excluding hydrogens is 384 g/mol. The Morgan fingerprint density at radius 3 is 2.52 bits per heavy atom. The number of nitrogens with zero attached hydrogens (tertiary/aromatic N) is 2. The van der Waals surface area contributed by atoms with E-state index < -0.39 is 9.84 Å². The van der Waals surface area contributed by atoms with Crippen LogP contribution in [0.1, 0.15) is 23.6 Å². The lowest BCUT2D eigenvalue weighted by atomic mass is 10.1. The summed E-state index contributed by atoms with van der Waals surface area (Å²) in [5, 5.41) is 6.98. The summed E-state index contributed by atoms with van der Waals surface area (Å²) >= 11 is 5.79. The Labute approximate surface area is 166 Å². The van der Waals surface area contributed by atoms with E-state index in [9.17, 15) is 8.42 Å². The highest BCUT2D eigenvalue weighted by Gasteiger charge is 2.10. The monoisotopic (exact) mass is 408 g/mol. The van der Waals surface area contributed by atoms with Gasteiger partial charge in [-0.25, -0.2) is 18.4 Å². The Morgan fingerprint density at radius 2 is 1.93 bits per heavy atom. The molecule has 0 spiro atoms. The molecule has 0 bridgehead atoms. The summed E-state index contributed by atoms with van der Waals surface area (Å²) in [6, 6.07) is 9.04. The van der Waals surface area contributed by atoms with Crippen LogP contribution in [0.3, 0.4) is 0 Å². The van der Waals surface area contributed by atoms with E-state index in [0.29, 0.717) is 29.1 Å². The highest BCUT2D eigenvalue weighted by atomic mass is 35.5. The smallest absolute Gasteiger partial charge is 0.191 e. The van der Waals surface area contributed by atoms with Crippen molar-refractivity contribution in [1.29, 1.82) is 0 Å². The molecule has 0 unspecified atom stereocenters. The third kappa shape index (κ3) is 6.84. The SMILES string of the molecule is CCNC(=NCc1ccc(S(C)(=O)=O)c(C)c1)NCCc1ccc(Cl)nc1. The van der Waals surface area contributed by atoms with E-state index in [4.69, 9.17) is 11.6 Å². The van der Waals surface area contributed by atoms with Gasteiger partial charge in [0.2, 0.25) is 0 Å². The van der Waals surface area contributed by atoms with Gasteiger partial charge in [0.15, 0.2) is 15.8 Å². The van der Waals surface area contributed by atoms with Gasteiger partial charge in [0.1, 0.15) is 5.15 Å². The fourth-order valence-electron chi connectivity index (χ4n) is 2.62. The molecule has 8 heteroatoms. The zero-order valence-corrected chi connectivity index (χ0v) is 17.4. The molecule has 6 nitrogen and oxygen atoms in total. The predicted molar refractivity (Wildman–Crippen MR) is 110 cm³/mol. The molecule has 0 atom stereocenters. The van der Waals surface area contributed by atoms with E-state index in [-0.39, 0.29) is 0 Å². The molecule has 2 aromatic rings. The number of aromatic nitrogens is 1. The van der Waals surface area contributed by atoms with E-state index in [2.05, 4.69) is 20.6 Å². The van der Waals surface area contributed by atoms with Crippen molar-refractivity contribution in [2.45, 2.75) is 31.7 Å². The molecule has 1 aromatic carbocycles. The first-order valence-electron chi connectivity index (χ1n) is 8.72. The van der Waals surface area contributed by atoms with Crippen molar-refractivity contribution < 1.29 is 8.42 Å². The minimum absolute atomic E-state index is 0.358. The van der Waals surface area contributed by atoms with Crippen molar-refractivity contribution in [2.75, 3.05) is 19.3 Å². The Hall–Kier alpha value is -2.12. The third-order valence-electron chi connectivity index (χ3n) is 3.90. The molecule has 0 fully saturated rings. The van der Waals surface area contributed by atoms with Crippen molar-refractivity contribution in [1.82, 2.24) is 15.6 Å². The van der Waals surface area contributed by atoms with E-state index in [1.165, 1.54) is 6.26 Å². The van der Waals surface area contributed by atoms with Gasteiger partial charge in [-0.05, 0) is 49.1 Å². The highest BCUT2D eigenvalue weighted by Crippen LogP contribution is 2.17. The Bertz CT molecular complexity index is 896. The molecule has 2 N–H and O–H groups in total. The van der Waals surface area contributed by atoms with Crippen LogP contribution < -0.4 is 10.6 Å². The van der Waals surface area contributed by atoms with Crippen LogP contribution >= 0.6 is 11.6 Å². The second-order valence-electron chi connectivity index (χ2n) is 6.23. The van der Waals surface area contributed by atoms with Crippen molar-refractivity contribution in [2.24, 2.45) is 4.99 Å². The Kier molecular flexibility index (Phi) is 7.62. The lowest BCUT2D eigenvalue weighted by molar-refractivity contribution is 0.601. The minimum atomic E-state index is -3.21. The number of sulfone groups is 1. The third-order valence-corrected chi connectivity index (χ3v) is 5.38. The fourth-order valence-corrected chi connectivity index (χ4v) is 3.69. The summed E-state index contributed by atoms with van der Waals surface area (Å²) in [6.45, 7) is 5.73. The van der Waals surface area contributed by atoms with Gasteiger partial charge < -0.3 is 10.6 Å². The standard InChI is InChI=1S/C19H25ClN4O2S/c1-4-21-19(22-10-9-15-6-8-18(20)23-12-15)24-13-16-5-7-17(14(2)11-16)27(3,25)26/h5-8,11-12H,4,9-10,13H2,1-3H3,(H2,21,22,24). The van der Waals surface area contributed by atoms with Crippen LogP contribution in [0.2, 0.25) is 5.15 Å². The maximum Gasteiger partial charge on any atom is 0.191 e. The van der Waals surface area contributed by atoms with Crippen LogP contribution in [-0.4, -0.2) is 38.7 Å². The van der Waals surface area contributed by atoms with Gasteiger partial charge in [-0.15, -0.1) is 0 Å². The molecule has 1 heterocycles. The first kappa shape index (κ1) is 21.2. The maximum absolute atomic E-state index is 11.7. The Morgan fingerprint density at radius 1 is 1.19 bits per heavy atom. The van der Waals surface area contributed by atoms with Crippen LogP contribution in [0.15, 0.2) is 46.4 Å². The number of hydrogen-bond acceptors (Lipinski definition) is 4. The van der Waals surface area contributed by atoms with Crippen molar-refractivity contribution >= 4 is 27.4 Å². The average Bonchev–Trinajstić information content (AvgIpc) is 2.60. The number of nitrogens with one attached hydrogen (secondary N) is 2. The number of rotatable bonds is 7.